The van der Waals surface area contributed by atoms with Gasteiger partial charge in [0, 0.05) is 11.8 Å². The number of anilines is 1. The first kappa shape index (κ1) is 10.5. The number of nitrogens with two attached hydrogens (primary N) is 1. The smallest absolute Gasteiger partial charge is 0.173 e. The molecule has 0 aliphatic carbocycles. The number of fused-ring (bicyclic) bond motifs is 1. The van der Waals surface area contributed by atoms with Gasteiger partial charge in [0.1, 0.15) is 12.1 Å². The summed E-state index contributed by atoms with van der Waals surface area (Å²) in [6.45, 7) is 1.88. The molecular formula is C12H11N5O. The number of hydrogen-bond donors (Lipinski definition) is 2. The summed E-state index contributed by atoms with van der Waals surface area (Å²) in [5, 5.41) is 18.1. The number of aromatic hydroxyl groups is 1. The van der Waals surface area contributed by atoms with Crippen LogP contribution in [0.25, 0.3) is 17.0 Å². The molecule has 2 aromatic heterocycles. The van der Waals surface area contributed by atoms with Crippen molar-refractivity contribution in [2.45, 2.75) is 6.92 Å². The summed E-state index contributed by atoms with van der Waals surface area (Å²) >= 11 is 0. The standard InChI is InChI=1S/C12H11N5O/c1-7-5-10-15-16-12(17(10)6-14-7)8-3-2-4-9(13)11(8)18/h2-6,18H,13H2,1H3. The summed E-state index contributed by atoms with van der Waals surface area (Å²) in [6.07, 6.45) is 1.63. The fraction of sp³-hybridized carbons (Fsp3) is 0.0833. The third kappa shape index (κ3) is 1.46. The first-order valence-electron chi connectivity index (χ1n) is 5.42. The molecule has 0 amide bonds. The highest BCUT2D eigenvalue weighted by Gasteiger charge is 2.13. The molecule has 0 saturated heterocycles. The Labute approximate surface area is 103 Å². The molecule has 1 aromatic carbocycles. The summed E-state index contributed by atoms with van der Waals surface area (Å²) < 4.78 is 1.71. The number of nitrogen functional groups attached to an aromatic ring is 1. The Morgan fingerprint density at radius 1 is 1.28 bits per heavy atom. The lowest BCUT2D eigenvalue weighted by molar-refractivity contribution is 0.479. The maximum absolute atomic E-state index is 9.96. The van der Waals surface area contributed by atoms with Gasteiger partial charge < -0.3 is 10.8 Å². The molecule has 0 unspecified atom stereocenters. The van der Waals surface area contributed by atoms with E-state index in [0.29, 0.717) is 22.7 Å². The maximum atomic E-state index is 9.96. The number of phenols is 1. The van der Waals surface area contributed by atoms with Crippen molar-refractivity contribution in [2.75, 3.05) is 5.73 Å². The summed E-state index contributed by atoms with van der Waals surface area (Å²) in [5.74, 6) is 0.523. The van der Waals surface area contributed by atoms with E-state index in [4.69, 9.17) is 5.73 Å². The average molecular weight is 241 g/mol. The van der Waals surface area contributed by atoms with Gasteiger partial charge in [0.15, 0.2) is 11.5 Å². The lowest BCUT2D eigenvalue weighted by Gasteiger charge is -2.05. The molecule has 0 aliphatic heterocycles. The number of para-hydroxylation sites is 1. The third-order valence-corrected chi connectivity index (χ3v) is 2.75. The molecule has 0 fully saturated rings. The molecule has 0 spiro atoms. The fourth-order valence-corrected chi connectivity index (χ4v) is 1.81. The Morgan fingerprint density at radius 3 is 2.94 bits per heavy atom. The van der Waals surface area contributed by atoms with Crippen LogP contribution in [0.4, 0.5) is 5.69 Å². The van der Waals surface area contributed by atoms with Gasteiger partial charge in [-0.2, -0.15) is 0 Å². The fourth-order valence-electron chi connectivity index (χ4n) is 1.81. The van der Waals surface area contributed by atoms with Gasteiger partial charge in [-0.1, -0.05) is 6.07 Å². The van der Waals surface area contributed by atoms with E-state index in [9.17, 15) is 5.11 Å². The van der Waals surface area contributed by atoms with E-state index < -0.39 is 0 Å². The predicted octanol–water partition coefficient (Wildman–Crippen LogP) is 1.39. The van der Waals surface area contributed by atoms with Crippen LogP contribution < -0.4 is 5.73 Å². The van der Waals surface area contributed by atoms with Crippen LogP contribution >= 0.6 is 0 Å². The highest BCUT2D eigenvalue weighted by molar-refractivity contribution is 5.73. The van der Waals surface area contributed by atoms with Crippen molar-refractivity contribution >= 4 is 11.3 Å². The largest absolute Gasteiger partial charge is 0.505 e. The van der Waals surface area contributed by atoms with Crippen LogP contribution in [-0.2, 0) is 0 Å². The monoisotopic (exact) mass is 241 g/mol. The highest BCUT2D eigenvalue weighted by atomic mass is 16.3. The molecule has 0 atom stereocenters. The van der Waals surface area contributed by atoms with E-state index >= 15 is 0 Å². The van der Waals surface area contributed by atoms with E-state index in [1.54, 1.807) is 28.9 Å². The van der Waals surface area contributed by atoms with Crippen molar-refractivity contribution in [1.82, 2.24) is 19.6 Å². The molecule has 3 N–H and O–H groups in total. The lowest BCUT2D eigenvalue weighted by atomic mass is 10.1. The minimum atomic E-state index is 0.00683. The summed E-state index contributed by atoms with van der Waals surface area (Å²) in [5.41, 5.74) is 8.06. The number of hydrogen-bond acceptors (Lipinski definition) is 5. The quantitative estimate of drug-likeness (QED) is 0.496. The third-order valence-electron chi connectivity index (χ3n) is 2.75. The molecule has 90 valence electrons. The minimum absolute atomic E-state index is 0.00683. The molecule has 18 heavy (non-hydrogen) atoms. The van der Waals surface area contributed by atoms with Gasteiger partial charge >= 0.3 is 0 Å². The zero-order valence-electron chi connectivity index (χ0n) is 9.70. The minimum Gasteiger partial charge on any atom is -0.505 e. The van der Waals surface area contributed by atoms with Crippen LogP contribution in [0.15, 0.2) is 30.6 Å². The Bertz CT molecular complexity index is 734. The van der Waals surface area contributed by atoms with E-state index in [-0.39, 0.29) is 5.75 Å². The second kappa shape index (κ2) is 3.69. The molecule has 3 rings (SSSR count). The van der Waals surface area contributed by atoms with Gasteiger partial charge in [-0.15, -0.1) is 10.2 Å². The van der Waals surface area contributed by atoms with Crippen molar-refractivity contribution in [3.8, 4) is 17.1 Å². The molecule has 3 aromatic rings. The van der Waals surface area contributed by atoms with Crippen molar-refractivity contribution in [3.63, 3.8) is 0 Å². The number of rotatable bonds is 1. The van der Waals surface area contributed by atoms with Crippen LogP contribution in [-0.4, -0.2) is 24.7 Å². The zero-order chi connectivity index (χ0) is 12.7. The van der Waals surface area contributed by atoms with Gasteiger partial charge in [-0.05, 0) is 19.1 Å². The molecule has 6 nitrogen and oxygen atoms in total. The van der Waals surface area contributed by atoms with Crippen LogP contribution in [0.2, 0.25) is 0 Å². The highest BCUT2D eigenvalue weighted by Crippen LogP contribution is 2.32. The Hall–Kier alpha value is -2.63. The first-order valence-corrected chi connectivity index (χ1v) is 5.42. The Morgan fingerprint density at radius 2 is 2.11 bits per heavy atom. The number of phenolic OH excluding ortho intramolecular Hbond substituents is 1. The molecule has 0 saturated carbocycles. The number of aryl methyl sites for hydroxylation is 1. The van der Waals surface area contributed by atoms with E-state index in [1.807, 2.05) is 13.0 Å². The molecule has 0 radical (unpaired) electrons. The second-order valence-electron chi connectivity index (χ2n) is 4.03. The lowest BCUT2D eigenvalue weighted by Crippen LogP contribution is -1.94. The van der Waals surface area contributed by atoms with Gasteiger partial charge in [0.05, 0.1) is 11.3 Å². The van der Waals surface area contributed by atoms with E-state index in [2.05, 4.69) is 15.2 Å². The molecule has 0 bridgehead atoms. The van der Waals surface area contributed by atoms with Crippen LogP contribution in [0.3, 0.4) is 0 Å². The van der Waals surface area contributed by atoms with Crippen LogP contribution in [0, 0.1) is 6.92 Å². The van der Waals surface area contributed by atoms with E-state index in [0.717, 1.165) is 5.69 Å². The van der Waals surface area contributed by atoms with Gasteiger partial charge in [0.2, 0.25) is 0 Å². The Balaban J connectivity index is 2.29. The van der Waals surface area contributed by atoms with Crippen LogP contribution in [0.1, 0.15) is 5.69 Å². The summed E-state index contributed by atoms with van der Waals surface area (Å²) in [6, 6.07) is 6.94. The topological polar surface area (TPSA) is 89.3 Å². The van der Waals surface area contributed by atoms with Crippen molar-refractivity contribution in [3.05, 3.63) is 36.3 Å². The van der Waals surface area contributed by atoms with Crippen molar-refractivity contribution in [1.29, 1.82) is 0 Å². The summed E-state index contributed by atoms with van der Waals surface area (Å²) in [4.78, 5) is 4.19. The maximum Gasteiger partial charge on any atom is 0.173 e. The van der Waals surface area contributed by atoms with Crippen LogP contribution in [0.5, 0.6) is 5.75 Å². The number of aromatic nitrogens is 4. The summed E-state index contributed by atoms with van der Waals surface area (Å²) in [7, 11) is 0. The zero-order valence-corrected chi connectivity index (χ0v) is 9.70. The average Bonchev–Trinajstić information content (AvgIpc) is 2.75. The molecule has 6 heteroatoms. The number of benzene rings is 1. The second-order valence-corrected chi connectivity index (χ2v) is 4.03. The van der Waals surface area contributed by atoms with E-state index in [1.165, 1.54) is 0 Å². The SMILES string of the molecule is Cc1cc2nnc(-c3cccc(N)c3O)n2cn1. The van der Waals surface area contributed by atoms with Crippen molar-refractivity contribution in [2.24, 2.45) is 0 Å². The number of nitrogens with zero attached hydrogens (tertiary/aromatic N) is 4. The van der Waals surface area contributed by atoms with Gasteiger partial charge in [-0.3, -0.25) is 4.40 Å². The molecule has 0 aliphatic rings. The Kier molecular flexibility index (Phi) is 2.16. The van der Waals surface area contributed by atoms with Crippen molar-refractivity contribution < 1.29 is 5.11 Å². The normalized spacial score (nSPS) is 10.9. The van der Waals surface area contributed by atoms with Gasteiger partial charge in [-0.25, -0.2) is 4.98 Å². The van der Waals surface area contributed by atoms with Gasteiger partial charge in [0.25, 0.3) is 0 Å². The first-order chi connectivity index (χ1) is 8.66. The molecular weight excluding hydrogens is 230 g/mol. The predicted molar refractivity (Wildman–Crippen MR) is 67.0 cm³/mol. The molecule has 2 heterocycles.